The molecule has 0 aliphatic heterocycles. The molecule has 0 radical (unpaired) electrons. The summed E-state index contributed by atoms with van der Waals surface area (Å²) in [6.45, 7) is 1.76. The third kappa shape index (κ3) is 1.57. The molecule has 0 saturated heterocycles. The van der Waals surface area contributed by atoms with Crippen molar-refractivity contribution in [1.82, 2.24) is 14.7 Å². The molecule has 0 unspecified atom stereocenters. The summed E-state index contributed by atoms with van der Waals surface area (Å²) in [7, 11) is 1.73. The number of fused-ring (bicyclic) bond motifs is 1. The van der Waals surface area contributed by atoms with Gasteiger partial charge in [0.25, 0.3) is 11.4 Å². The number of nitrogens with zero attached hydrogens (tertiary/aromatic N) is 3. The fraction of sp³-hybridized carbons (Fsp3) is 0.182. The highest BCUT2D eigenvalue weighted by atomic mass is 32.1. The van der Waals surface area contributed by atoms with Gasteiger partial charge in [0.15, 0.2) is 5.82 Å². The van der Waals surface area contributed by atoms with Gasteiger partial charge in [0, 0.05) is 18.6 Å². The zero-order valence-corrected chi connectivity index (χ0v) is 10.1. The van der Waals surface area contributed by atoms with Crippen LogP contribution >= 0.6 is 11.3 Å². The third-order valence-corrected chi connectivity index (χ3v) is 3.62. The van der Waals surface area contributed by atoms with E-state index in [1.807, 2.05) is 12.1 Å². The van der Waals surface area contributed by atoms with E-state index in [0.717, 1.165) is 10.3 Å². The molecule has 0 aromatic carbocycles. The van der Waals surface area contributed by atoms with E-state index in [1.54, 1.807) is 24.7 Å². The van der Waals surface area contributed by atoms with Crippen molar-refractivity contribution in [2.24, 2.45) is 7.05 Å². The minimum atomic E-state index is -0.00464. The predicted octanol–water partition coefficient (Wildman–Crippen LogP) is 1.96. The maximum Gasteiger partial charge on any atom is 0.268 e. The quantitative estimate of drug-likeness (QED) is 0.659. The average Bonchev–Trinajstić information content (AvgIpc) is 2.90. The second kappa shape index (κ2) is 3.53. The van der Waals surface area contributed by atoms with Crippen LogP contribution in [0, 0.1) is 6.92 Å². The molecule has 3 rings (SSSR count). The Morgan fingerprint density at radius 3 is 3.00 bits per heavy atom. The number of aryl methyl sites for hydroxylation is 2. The Hall–Kier alpha value is -1.95. The molecule has 6 heteroatoms. The Balaban J connectivity index is 2.27. The molecule has 0 atom stereocenters. The highest BCUT2D eigenvalue weighted by Gasteiger charge is 2.12. The molecule has 0 aliphatic rings. The molecule has 0 spiro atoms. The van der Waals surface area contributed by atoms with Gasteiger partial charge in [-0.05, 0) is 19.1 Å². The van der Waals surface area contributed by atoms with Crippen molar-refractivity contribution in [3.05, 3.63) is 34.5 Å². The first-order chi connectivity index (χ1) is 8.15. The zero-order chi connectivity index (χ0) is 12.0. The number of aromatic nitrogens is 3. The van der Waals surface area contributed by atoms with Crippen LogP contribution < -0.4 is 5.56 Å². The second-order valence-corrected chi connectivity index (χ2v) is 4.83. The van der Waals surface area contributed by atoms with Crippen LogP contribution in [0.15, 0.2) is 27.6 Å². The molecule has 0 fully saturated rings. The molecule has 0 amide bonds. The van der Waals surface area contributed by atoms with Crippen LogP contribution in [-0.4, -0.2) is 14.7 Å². The molecule has 5 nitrogen and oxygen atoms in total. The first kappa shape index (κ1) is 10.2. The monoisotopic (exact) mass is 247 g/mol. The maximum absolute atomic E-state index is 11.9. The average molecular weight is 247 g/mol. The Bertz CT molecular complexity index is 754. The van der Waals surface area contributed by atoms with Gasteiger partial charge in [-0.2, -0.15) is 4.98 Å². The van der Waals surface area contributed by atoms with Gasteiger partial charge in [-0.25, -0.2) is 0 Å². The lowest BCUT2D eigenvalue weighted by Gasteiger charge is -1.93. The van der Waals surface area contributed by atoms with E-state index in [1.165, 1.54) is 11.3 Å². The van der Waals surface area contributed by atoms with Crippen molar-refractivity contribution >= 4 is 21.4 Å². The van der Waals surface area contributed by atoms with Crippen molar-refractivity contribution in [3.8, 4) is 10.8 Å². The summed E-state index contributed by atoms with van der Waals surface area (Å²) in [4.78, 5) is 16.9. The van der Waals surface area contributed by atoms with E-state index < -0.39 is 0 Å². The van der Waals surface area contributed by atoms with Crippen LogP contribution in [0.2, 0.25) is 0 Å². The molecule has 86 valence electrons. The molecule has 0 N–H and O–H groups in total. The van der Waals surface area contributed by atoms with Gasteiger partial charge in [0.1, 0.15) is 4.70 Å². The molecule has 3 heterocycles. The summed E-state index contributed by atoms with van der Waals surface area (Å²) in [6.07, 6.45) is 1.75. The van der Waals surface area contributed by atoms with Crippen LogP contribution in [0.25, 0.3) is 20.9 Å². The molecule has 3 aromatic rings. The van der Waals surface area contributed by atoms with Gasteiger partial charge in [-0.15, -0.1) is 11.3 Å². The van der Waals surface area contributed by atoms with Gasteiger partial charge >= 0.3 is 0 Å². The minimum absolute atomic E-state index is 0.00464. The molecule has 0 saturated carbocycles. The standard InChI is InChI=1S/C11H9N3O2S/c1-6-12-10(16-13-6)8-5-7-3-4-14(2)11(15)9(7)17-8/h3-5H,1-2H3. The lowest BCUT2D eigenvalue weighted by atomic mass is 10.3. The highest BCUT2D eigenvalue weighted by molar-refractivity contribution is 7.22. The Morgan fingerprint density at radius 2 is 2.29 bits per heavy atom. The van der Waals surface area contributed by atoms with Gasteiger partial charge in [0.2, 0.25) is 0 Å². The SMILES string of the molecule is Cc1noc(-c2cc3ccn(C)c(=O)c3s2)n1. The number of thiophene rings is 1. The van der Waals surface area contributed by atoms with Gasteiger partial charge in [-0.1, -0.05) is 5.16 Å². The number of hydrogen-bond donors (Lipinski definition) is 0. The van der Waals surface area contributed by atoms with Crippen molar-refractivity contribution < 1.29 is 4.52 Å². The molecule has 3 aromatic heterocycles. The molecular formula is C11H9N3O2S. The van der Waals surface area contributed by atoms with E-state index in [2.05, 4.69) is 10.1 Å². The van der Waals surface area contributed by atoms with E-state index in [0.29, 0.717) is 16.4 Å². The summed E-state index contributed by atoms with van der Waals surface area (Å²) in [5, 5.41) is 4.65. The first-order valence-electron chi connectivity index (χ1n) is 5.05. The lowest BCUT2D eigenvalue weighted by Crippen LogP contribution is -2.13. The Labute approximate surface area is 100 Å². The first-order valence-corrected chi connectivity index (χ1v) is 5.86. The largest absolute Gasteiger partial charge is 0.333 e. The summed E-state index contributed by atoms with van der Waals surface area (Å²) in [5.41, 5.74) is -0.00464. The van der Waals surface area contributed by atoms with Crippen molar-refractivity contribution in [2.75, 3.05) is 0 Å². The fourth-order valence-corrected chi connectivity index (χ4v) is 2.67. The van der Waals surface area contributed by atoms with Gasteiger partial charge in [0.05, 0.1) is 4.88 Å². The Morgan fingerprint density at radius 1 is 1.47 bits per heavy atom. The summed E-state index contributed by atoms with van der Waals surface area (Å²) < 4.78 is 7.36. The van der Waals surface area contributed by atoms with E-state index in [9.17, 15) is 4.79 Å². The smallest absolute Gasteiger partial charge is 0.268 e. The van der Waals surface area contributed by atoms with Crippen LogP contribution in [0.4, 0.5) is 0 Å². The normalized spacial score (nSPS) is 11.2. The number of pyridine rings is 1. The summed E-state index contributed by atoms with van der Waals surface area (Å²) >= 11 is 1.37. The minimum Gasteiger partial charge on any atom is -0.333 e. The summed E-state index contributed by atoms with van der Waals surface area (Å²) in [6, 6.07) is 3.80. The van der Waals surface area contributed by atoms with Gasteiger partial charge in [-0.3, -0.25) is 4.79 Å². The number of hydrogen-bond acceptors (Lipinski definition) is 5. The topological polar surface area (TPSA) is 60.9 Å². The zero-order valence-electron chi connectivity index (χ0n) is 9.30. The van der Waals surface area contributed by atoms with E-state index in [-0.39, 0.29) is 5.56 Å². The predicted molar refractivity (Wildman–Crippen MR) is 65.1 cm³/mol. The Kier molecular flexibility index (Phi) is 2.12. The molecule has 17 heavy (non-hydrogen) atoms. The van der Waals surface area contributed by atoms with Crippen molar-refractivity contribution in [2.45, 2.75) is 6.92 Å². The molecular weight excluding hydrogens is 238 g/mol. The fourth-order valence-electron chi connectivity index (χ4n) is 1.62. The van der Waals surface area contributed by atoms with Crippen LogP contribution in [0.1, 0.15) is 5.82 Å². The highest BCUT2D eigenvalue weighted by Crippen LogP contribution is 2.30. The van der Waals surface area contributed by atoms with Crippen LogP contribution in [0.3, 0.4) is 0 Å². The van der Waals surface area contributed by atoms with Crippen LogP contribution in [0.5, 0.6) is 0 Å². The lowest BCUT2D eigenvalue weighted by molar-refractivity contribution is 0.426. The molecule has 0 aliphatic carbocycles. The second-order valence-electron chi connectivity index (χ2n) is 3.77. The van der Waals surface area contributed by atoms with E-state index in [4.69, 9.17) is 4.52 Å². The maximum atomic E-state index is 11.9. The third-order valence-electron chi connectivity index (χ3n) is 2.49. The van der Waals surface area contributed by atoms with Gasteiger partial charge < -0.3 is 9.09 Å². The van der Waals surface area contributed by atoms with Crippen LogP contribution in [-0.2, 0) is 7.05 Å². The van der Waals surface area contributed by atoms with E-state index >= 15 is 0 Å². The van der Waals surface area contributed by atoms with Crippen molar-refractivity contribution in [3.63, 3.8) is 0 Å². The molecule has 0 bridgehead atoms. The van der Waals surface area contributed by atoms with Crippen molar-refractivity contribution in [1.29, 1.82) is 0 Å². The summed E-state index contributed by atoms with van der Waals surface area (Å²) in [5.74, 6) is 1.05. The number of rotatable bonds is 1.